The molecule has 1 fully saturated rings. The van der Waals surface area contributed by atoms with Crippen molar-refractivity contribution in [3.8, 4) is 12.4 Å². The Kier molecular flexibility index (Phi) is 7.20. The number of aliphatic imine (C=N–C) groups is 1. The second-order valence-electron chi connectivity index (χ2n) is 5.20. The van der Waals surface area contributed by atoms with Gasteiger partial charge in [-0.25, -0.2) is 0 Å². The summed E-state index contributed by atoms with van der Waals surface area (Å²) in [6.45, 7) is 0. The van der Waals surface area contributed by atoms with Crippen LogP contribution in [0.15, 0.2) is 41.4 Å². The molecule has 0 spiro atoms. The van der Waals surface area contributed by atoms with Crippen molar-refractivity contribution in [3.05, 3.63) is 42.0 Å². The number of nitrogens with zero attached hydrogens (tertiary/aromatic N) is 3. The predicted molar refractivity (Wildman–Crippen MR) is 99.2 cm³/mol. The molecule has 0 atom stereocenters. The Morgan fingerprint density at radius 2 is 1.63 bits per heavy atom. The van der Waals surface area contributed by atoms with Crippen LogP contribution in [-0.4, -0.2) is 13.6 Å². The van der Waals surface area contributed by atoms with Crippen LogP contribution in [0.25, 0.3) is 10.8 Å². The van der Waals surface area contributed by atoms with Gasteiger partial charge in [-0.3, -0.25) is 0 Å². The first-order valence-corrected chi connectivity index (χ1v) is 9.26. The summed E-state index contributed by atoms with van der Waals surface area (Å²) in [7, 11) is -4.37. The van der Waals surface area contributed by atoms with Crippen molar-refractivity contribution in [2.45, 2.75) is 18.8 Å². The number of benzene rings is 2. The number of nitrogens with one attached hydrogen (secondary N) is 2. The van der Waals surface area contributed by atoms with Crippen LogP contribution in [0.1, 0.15) is 24.3 Å². The summed E-state index contributed by atoms with van der Waals surface area (Å²) < 4.78 is 27.8. The van der Waals surface area contributed by atoms with Gasteiger partial charge < -0.3 is 0 Å². The molecule has 2 N–H and O–H groups in total. The van der Waals surface area contributed by atoms with E-state index >= 15 is 0 Å². The van der Waals surface area contributed by atoms with Gasteiger partial charge in [-0.15, -0.1) is 8.57 Å². The largest absolute Gasteiger partial charge is 0.443 e. The average molecular weight is 403 g/mol. The van der Waals surface area contributed by atoms with Gasteiger partial charge in [0.25, 0.3) is 0 Å². The van der Waals surface area contributed by atoms with Gasteiger partial charge in [-0.1, -0.05) is 30.3 Å². The van der Waals surface area contributed by atoms with Crippen molar-refractivity contribution in [3.63, 3.8) is 0 Å². The van der Waals surface area contributed by atoms with Gasteiger partial charge in [0.1, 0.15) is 0 Å². The molecule has 0 radical (unpaired) electrons. The number of thiocarbonyl (C=S) groups is 1. The third kappa shape index (κ3) is 6.01. The van der Waals surface area contributed by atoms with Crippen LogP contribution in [0, 0.1) is 22.9 Å². The summed E-state index contributed by atoms with van der Waals surface area (Å²) in [5.41, 5.74) is 5.06. The summed E-state index contributed by atoms with van der Waals surface area (Å²) >= 11 is 4.68. The maximum Gasteiger partial charge on any atom is 0.443 e. The number of hydroxylamine groups is 2. The first-order chi connectivity index (χ1) is 13.0. The standard InChI is InChI=1S/C14H11NS.C2H2N4O4S/c16-9-15-14-8-7-11(10-5-6-10)12-3-1-2-4-13(12)14;3-1-5-9-11(7,8)10-6-2-4/h1-4,7-8,10H,5-6H2;5-6H. The van der Waals surface area contributed by atoms with Crippen molar-refractivity contribution >= 4 is 44.2 Å². The number of isothiocyanates is 1. The minimum Gasteiger partial charge on any atom is -0.194 e. The SMILES string of the molecule is N#CNOS(=O)(=O)ONC#N.S=C=Nc1ccc(C2CC2)c2ccccc12. The Balaban J connectivity index is 0.000000211. The zero-order chi connectivity index (χ0) is 19.7. The zero-order valence-electron chi connectivity index (χ0n) is 13.7. The molecule has 0 saturated heterocycles. The Bertz CT molecular complexity index is 1020. The van der Waals surface area contributed by atoms with E-state index in [0.717, 1.165) is 24.0 Å². The lowest BCUT2D eigenvalue weighted by Crippen LogP contribution is -2.22. The van der Waals surface area contributed by atoms with Gasteiger partial charge in [0.2, 0.25) is 12.4 Å². The zero-order valence-corrected chi connectivity index (χ0v) is 15.4. The second-order valence-corrected chi connectivity index (χ2v) is 6.53. The van der Waals surface area contributed by atoms with Gasteiger partial charge in [0.05, 0.1) is 10.8 Å². The van der Waals surface area contributed by atoms with Gasteiger partial charge in [-0.05, 0) is 48.0 Å². The van der Waals surface area contributed by atoms with E-state index in [1.807, 2.05) is 6.07 Å². The summed E-state index contributed by atoms with van der Waals surface area (Å²) in [6, 6.07) is 12.6. The Morgan fingerprint density at radius 3 is 2.15 bits per heavy atom. The van der Waals surface area contributed by atoms with E-state index in [1.54, 1.807) is 0 Å². The van der Waals surface area contributed by atoms with Gasteiger partial charge in [0.15, 0.2) is 0 Å². The molecule has 1 saturated carbocycles. The van der Waals surface area contributed by atoms with E-state index in [9.17, 15) is 8.42 Å². The van der Waals surface area contributed by atoms with E-state index < -0.39 is 10.4 Å². The van der Waals surface area contributed by atoms with Gasteiger partial charge in [-0.2, -0.15) is 34.9 Å². The summed E-state index contributed by atoms with van der Waals surface area (Å²) in [5, 5.41) is 20.5. The highest BCUT2D eigenvalue weighted by molar-refractivity contribution is 7.81. The van der Waals surface area contributed by atoms with Gasteiger partial charge >= 0.3 is 10.4 Å². The summed E-state index contributed by atoms with van der Waals surface area (Å²) in [6.07, 6.45) is 4.95. The van der Waals surface area contributed by atoms with Crippen molar-refractivity contribution in [2.24, 2.45) is 4.99 Å². The molecular formula is C16H13N5O4S2. The van der Waals surface area contributed by atoms with Crippen LogP contribution in [0.3, 0.4) is 0 Å². The smallest absolute Gasteiger partial charge is 0.194 e. The molecule has 2 aromatic carbocycles. The van der Waals surface area contributed by atoms with Crippen molar-refractivity contribution in [2.75, 3.05) is 0 Å². The average Bonchev–Trinajstić information content (AvgIpc) is 3.51. The highest BCUT2D eigenvalue weighted by Gasteiger charge is 2.25. The number of fused-ring (bicyclic) bond motifs is 1. The molecule has 27 heavy (non-hydrogen) atoms. The molecule has 2 aromatic rings. The third-order valence-electron chi connectivity index (χ3n) is 3.50. The van der Waals surface area contributed by atoms with Crippen LogP contribution in [0.5, 0.6) is 0 Å². The topological polar surface area (TPSA) is 137 Å². The highest BCUT2D eigenvalue weighted by Crippen LogP contribution is 2.44. The minimum absolute atomic E-state index is 0.760. The molecule has 0 bridgehead atoms. The van der Waals surface area contributed by atoms with Crippen LogP contribution < -0.4 is 11.0 Å². The molecule has 0 aromatic heterocycles. The van der Waals surface area contributed by atoms with Crippen LogP contribution >= 0.6 is 12.2 Å². The molecule has 1 aliphatic carbocycles. The molecule has 1 aliphatic rings. The van der Waals surface area contributed by atoms with Gasteiger partial charge in [0, 0.05) is 5.39 Å². The molecule has 11 heteroatoms. The molecule has 0 amide bonds. The van der Waals surface area contributed by atoms with E-state index in [0.29, 0.717) is 0 Å². The third-order valence-corrected chi connectivity index (χ3v) is 4.16. The minimum atomic E-state index is -4.37. The molecule has 0 heterocycles. The number of hydrogen-bond acceptors (Lipinski definition) is 10. The lowest BCUT2D eigenvalue weighted by Gasteiger charge is -2.06. The monoisotopic (exact) mass is 403 g/mol. The van der Waals surface area contributed by atoms with Crippen LogP contribution in [0.2, 0.25) is 0 Å². The molecule has 9 nitrogen and oxygen atoms in total. The Hall–Kier alpha value is -3.05. The molecule has 0 unspecified atom stereocenters. The van der Waals surface area contributed by atoms with E-state index in [1.165, 1.54) is 40.1 Å². The normalized spacial score (nSPS) is 12.5. The highest BCUT2D eigenvalue weighted by atomic mass is 32.3. The van der Waals surface area contributed by atoms with E-state index in [2.05, 4.69) is 61.3 Å². The van der Waals surface area contributed by atoms with E-state index in [4.69, 9.17) is 10.5 Å². The number of nitriles is 2. The quantitative estimate of drug-likeness (QED) is 0.245. The molecule has 3 rings (SSSR count). The van der Waals surface area contributed by atoms with Crippen LogP contribution in [0.4, 0.5) is 5.69 Å². The first-order valence-electron chi connectivity index (χ1n) is 7.52. The van der Waals surface area contributed by atoms with Crippen molar-refractivity contribution in [1.29, 1.82) is 10.5 Å². The maximum atomic E-state index is 10.3. The fourth-order valence-corrected chi connectivity index (χ4v) is 2.77. The lowest BCUT2D eigenvalue weighted by molar-refractivity contribution is 0.154. The summed E-state index contributed by atoms with van der Waals surface area (Å²) in [5.74, 6) is 0.760. The van der Waals surface area contributed by atoms with Crippen molar-refractivity contribution in [1.82, 2.24) is 11.0 Å². The van der Waals surface area contributed by atoms with Crippen LogP contribution in [-0.2, 0) is 19.0 Å². The Labute approximate surface area is 161 Å². The lowest BCUT2D eigenvalue weighted by atomic mass is 10.00. The maximum absolute atomic E-state index is 10.3. The van der Waals surface area contributed by atoms with E-state index in [-0.39, 0.29) is 0 Å². The summed E-state index contributed by atoms with van der Waals surface area (Å²) in [4.78, 5) is 4.12. The molecular weight excluding hydrogens is 390 g/mol. The fourth-order valence-electron chi connectivity index (χ4n) is 2.36. The molecule has 138 valence electrons. The predicted octanol–water partition coefficient (Wildman–Crippen LogP) is 2.69. The van der Waals surface area contributed by atoms with Crippen molar-refractivity contribution < 1.29 is 17.0 Å². The molecule has 0 aliphatic heterocycles. The number of rotatable bonds is 6. The second kappa shape index (κ2) is 9.59. The Morgan fingerprint density at radius 1 is 1.04 bits per heavy atom. The first kappa shape index (κ1) is 20.3. The number of hydrogen-bond donors (Lipinski definition) is 2. The fraction of sp³-hybridized carbons (Fsp3) is 0.188.